The number of hydrogen-bond donors (Lipinski definition) is 2. The van der Waals surface area contributed by atoms with Crippen molar-refractivity contribution in [3.8, 4) is 16.9 Å². The van der Waals surface area contributed by atoms with Crippen molar-refractivity contribution in [3.63, 3.8) is 0 Å². The molecule has 0 saturated carbocycles. The number of nitrogens with zero attached hydrogens (tertiary/aromatic N) is 2. The van der Waals surface area contributed by atoms with Crippen LogP contribution in [0.25, 0.3) is 21.3 Å². The van der Waals surface area contributed by atoms with Crippen LogP contribution in [-0.4, -0.2) is 21.0 Å². The van der Waals surface area contributed by atoms with Crippen LogP contribution in [0.4, 0.5) is 5.13 Å². The van der Waals surface area contributed by atoms with Crippen molar-refractivity contribution in [3.05, 3.63) is 36.7 Å². The Labute approximate surface area is 118 Å². The first-order chi connectivity index (χ1) is 9.61. The summed E-state index contributed by atoms with van der Waals surface area (Å²) >= 11 is 1.41. The zero-order valence-electron chi connectivity index (χ0n) is 10.6. The largest absolute Gasteiger partial charge is 0.506 e. The van der Waals surface area contributed by atoms with Gasteiger partial charge in [0.25, 0.3) is 0 Å². The molecule has 1 aromatic carbocycles. The molecule has 0 spiro atoms. The summed E-state index contributed by atoms with van der Waals surface area (Å²) < 4.78 is 0.967. The molecule has 1 amide bonds. The first-order valence-electron chi connectivity index (χ1n) is 5.94. The van der Waals surface area contributed by atoms with Gasteiger partial charge in [0.15, 0.2) is 5.13 Å². The van der Waals surface area contributed by atoms with E-state index in [1.54, 1.807) is 12.3 Å². The highest BCUT2D eigenvalue weighted by molar-refractivity contribution is 7.22. The molecule has 2 N–H and O–H groups in total. The van der Waals surface area contributed by atoms with Gasteiger partial charge in [0, 0.05) is 18.7 Å². The number of amides is 1. The van der Waals surface area contributed by atoms with E-state index in [1.165, 1.54) is 24.5 Å². The van der Waals surface area contributed by atoms with Crippen LogP contribution in [0.3, 0.4) is 0 Å². The van der Waals surface area contributed by atoms with Crippen molar-refractivity contribution in [2.45, 2.75) is 6.92 Å². The highest BCUT2D eigenvalue weighted by Crippen LogP contribution is 2.31. The molecule has 0 atom stereocenters. The quantitative estimate of drug-likeness (QED) is 0.759. The van der Waals surface area contributed by atoms with E-state index in [-0.39, 0.29) is 11.7 Å². The molecule has 3 aromatic rings. The number of carbonyl (C=O) groups is 1. The topological polar surface area (TPSA) is 75.1 Å². The molecule has 0 fully saturated rings. The number of nitrogens with one attached hydrogen (secondary N) is 1. The number of aromatic hydroxyl groups is 1. The van der Waals surface area contributed by atoms with Gasteiger partial charge >= 0.3 is 0 Å². The molecule has 0 bridgehead atoms. The lowest BCUT2D eigenvalue weighted by Gasteiger charge is -2.01. The van der Waals surface area contributed by atoms with Crippen molar-refractivity contribution in [1.29, 1.82) is 0 Å². The van der Waals surface area contributed by atoms with E-state index < -0.39 is 0 Å². The summed E-state index contributed by atoms with van der Waals surface area (Å²) in [4.78, 5) is 19.3. The van der Waals surface area contributed by atoms with Crippen LogP contribution in [0.2, 0.25) is 0 Å². The van der Waals surface area contributed by atoms with Crippen LogP contribution >= 0.6 is 11.3 Å². The smallest absolute Gasteiger partial charge is 0.223 e. The summed E-state index contributed by atoms with van der Waals surface area (Å²) in [6.45, 7) is 1.45. The van der Waals surface area contributed by atoms with Crippen LogP contribution in [-0.2, 0) is 4.79 Å². The van der Waals surface area contributed by atoms with Crippen LogP contribution in [0.15, 0.2) is 36.7 Å². The second-order valence-corrected chi connectivity index (χ2v) is 5.35. The number of pyridine rings is 1. The molecule has 5 nitrogen and oxygen atoms in total. The zero-order chi connectivity index (χ0) is 14.1. The molecule has 20 heavy (non-hydrogen) atoms. The number of aromatic nitrogens is 2. The first-order valence-corrected chi connectivity index (χ1v) is 6.76. The summed E-state index contributed by atoms with van der Waals surface area (Å²) in [5.41, 5.74) is 2.61. The fourth-order valence-electron chi connectivity index (χ4n) is 1.89. The van der Waals surface area contributed by atoms with Gasteiger partial charge in [0.1, 0.15) is 5.75 Å². The summed E-state index contributed by atoms with van der Waals surface area (Å²) in [6.07, 6.45) is 3.08. The summed E-state index contributed by atoms with van der Waals surface area (Å²) in [7, 11) is 0. The Morgan fingerprint density at radius 3 is 2.85 bits per heavy atom. The van der Waals surface area contributed by atoms with Gasteiger partial charge in [-0.25, -0.2) is 4.98 Å². The summed E-state index contributed by atoms with van der Waals surface area (Å²) in [5.74, 6) is -0.00713. The minimum absolute atomic E-state index is 0.130. The van der Waals surface area contributed by atoms with Crippen molar-refractivity contribution < 1.29 is 9.90 Å². The number of hydrogen-bond acceptors (Lipinski definition) is 5. The Kier molecular flexibility index (Phi) is 3.08. The number of benzene rings is 1. The van der Waals surface area contributed by atoms with Gasteiger partial charge < -0.3 is 10.4 Å². The van der Waals surface area contributed by atoms with Crippen LogP contribution in [0, 0.1) is 0 Å². The second-order valence-electron chi connectivity index (χ2n) is 4.31. The van der Waals surface area contributed by atoms with Gasteiger partial charge in [-0.3, -0.25) is 9.78 Å². The molecule has 0 aliphatic rings. The molecule has 0 aliphatic heterocycles. The SMILES string of the molecule is CC(=O)Nc1nc2ccc(-c3cncc(O)c3)cc2s1. The molecule has 100 valence electrons. The van der Waals surface area contributed by atoms with Gasteiger partial charge in [-0.15, -0.1) is 0 Å². The van der Waals surface area contributed by atoms with Gasteiger partial charge in [-0.05, 0) is 23.8 Å². The molecule has 0 aliphatic carbocycles. The molecule has 2 aromatic heterocycles. The Morgan fingerprint density at radius 1 is 1.25 bits per heavy atom. The predicted molar refractivity (Wildman–Crippen MR) is 78.8 cm³/mol. The fourth-order valence-corrected chi connectivity index (χ4v) is 2.85. The average molecular weight is 285 g/mol. The standard InChI is InChI=1S/C14H11N3O2S/c1-8(18)16-14-17-12-3-2-9(5-13(12)20-14)10-4-11(19)7-15-6-10/h2-7,19H,1H3,(H,16,17,18). The first kappa shape index (κ1) is 12.6. The van der Waals surface area contributed by atoms with Crippen molar-refractivity contribution in [1.82, 2.24) is 9.97 Å². The van der Waals surface area contributed by atoms with Gasteiger partial charge in [0.05, 0.1) is 16.4 Å². The van der Waals surface area contributed by atoms with Crippen LogP contribution in [0.1, 0.15) is 6.92 Å². The maximum Gasteiger partial charge on any atom is 0.223 e. The van der Waals surface area contributed by atoms with Crippen LogP contribution < -0.4 is 5.32 Å². The maximum absolute atomic E-state index is 11.0. The number of fused-ring (bicyclic) bond motifs is 1. The number of anilines is 1. The Morgan fingerprint density at radius 2 is 2.10 bits per heavy atom. The number of carbonyl (C=O) groups excluding carboxylic acids is 1. The van der Waals surface area contributed by atoms with E-state index in [4.69, 9.17) is 0 Å². The van der Waals surface area contributed by atoms with Gasteiger partial charge in [-0.1, -0.05) is 17.4 Å². The minimum atomic E-state index is -0.138. The third-order valence-corrected chi connectivity index (χ3v) is 3.66. The molecule has 2 heterocycles. The van der Waals surface area contributed by atoms with Gasteiger partial charge in [0.2, 0.25) is 5.91 Å². The lowest BCUT2D eigenvalue weighted by Crippen LogP contribution is -2.04. The van der Waals surface area contributed by atoms with E-state index in [0.717, 1.165) is 21.3 Å². The van der Waals surface area contributed by atoms with E-state index in [2.05, 4.69) is 15.3 Å². The number of thiazole rings is 1. The molecule has 0 unspecified atom stereocenters. The number of rotatable bonds is 2. The summed E-state index contributed by atoms with van der Waals surface area (Å²) in [6, 6.07) is 7.42. The van der Waals surface area contributed by atoms with E-state index in [0.29, 0.717) is 5.13 Å². The van der Waals surface area contributed by atoms with Crippen molar-refractivity contribution in [2.75, 3.05) is 5.32 Å². The lowest BCUT2D eigenvalue weighted by atomic mass is 10.1. The second kappa shape index (κ2) is 4.90. The molecule has 0 saturated heterocycles. The Hall–Kier alpha value is -2.47. The monoisotopic (exact) mass is 285 g/mol. The van der Waals surface area contributed by atoms with E-state index >= 15 is 0 Å². The van der Waals surface area contributed by atoms with Crippen molar-refractivity contribution in [2.24, 2.45) is 0 Å². The summed E-state index contributed by atoms with van der Waals surface area (Å²) in [5, 5.41) is 12.7. The van der Waals surface area contributed by atoms with E-state index in [1.807, 2.05) is 18.2 Å². The predicted octanol–water partition coefficient (Wildman–Crippen LogP) is 3.02. The lowest BCUT2D eigenvalue weighted by molar-refractivity contribution is -0.114. The maximum atomic E-state index is 11.0. The Balaban J connectivity index is 2.04. The van der Waals surface area contributed by atoms with E-state index in [9.17, 15) is 9.90 Å². The zero-order valence-corrected chi connectivity index (χ0v) is 11.4. The third-order valence-electron chi connectivity index (χ3n) is 2.73. The van der Waals surface area contributed by atoms with Crippen LogP contribution in [0.5, 0.6) is 5.75 Å². The molecule has 0 radical (unpaired) electrons. The third kappa shape index (κ3) is 2.46. The molecular weight excluding hydrogens is 274 g/mol. The fraction of sp³-hybridized carbons (Fsp3) is 0.0714. The minimum Gasteiger partial charge on any atom is -0.506 e. The average Bonchev–Trinajstić information content (AvgIpc) is 2.78. The molecular formula is C14H11N3O2S. The normalized spacial score (nSPS) is 10.7. The molecule has 6 heteroatoms. The van der Waals surface area contributed by atoms with Gasteiger partial charge in [-0.2, -0.15) is 0 Å². The highest BCUT2D eigenvalue weighted by atomic mass is 32.1. The van der Waals surface area contributed by atoms with Crippen molar-refractivity contribution >= 4 is 32.6 Å². The molecule has 3 rings (SSSR count). The highest BCUT2D eigenvalue weighted by Gasteiger charge is 2.07. The Bertz CT molecular complexity index is 798.